The van der Waals surface area contributed by atoms with Crippen molar-refractivity contribution in [1.82, 2.24) is 4.98 Å². The Kier molecular flexibility index (Phi) is 2.07. The van der Waals surface area contributed by atoms with Crippen molar-refractivity contribution in [2.24, 2.45) is 0 Å². The molecule has 4 heteroatoms. The fraction of sp³-hybridized carbons (Fsp3) is 0. The van der Waals surface area contributed by atoms with Crippen LogP contribution in [0.4, 0.5) is 10.1 Å². The standard InChI is InChI=1S/C9H6FIN2/c10-9-6(11)4-5-2-1-3-7(12)8(5)13-9/h1-4H,12H2. The van der Waals surface area contributed by atoms with Gasteiger partial charge in [-0.25, -0.2) is 4.98 Å². The van der Waals surface area contributed by atoms with Gasteiger partial charge in [-0.1, -0.05) is 12.1 Å². The number of benzene rings is 1. The Hall–Kier alpha value is -0.910. The third-order valence-corrected chi connectivity index (χ3v) is 2.54. The topological polar surface area (TPSA) is 38.9 Å². The lowest BCUT2D eigenvalue weighted by Crippen LogP contribution is -1.93. The summed E-state index contributed by atoms with van der Waals surface area (Å²) >= 11 is 1.91. The molecule has 0 saturated heterocycles. The van der Waals surface area contributed by atoms with Crippen LogP contribution in [-0.4, -0.2) is 4.98 Å². The molecule has 1 aromatic carbocycles. The zero-order chi connectivity index (χ0) is 9.42. The fourth-order valence-electron chi connectivity index (χ4n) is 1.17. The van der Waals surface area contributed by atoms with Crippen LogP contribution in [0, 0.1) is 9.52 Å². The second-order valence-electron chi connectivity index (χ2n) is 2.68. The molecule has 0 saturated carbocycles. The second-order valence-corrected chi connectivity index (χ2v) is 3.84. The number of anilines is 1. The molecule has 0 atom stereocenters. The summed E-state index contributed by atoms with van der Waals surface area (Å²) in [4.78, 5) is 3.78. The van der Waals surface area contributed by atoms with Crippen molar-refractivity contribution in [2.75, 3.05) is 5.73 Å². The van der Waals surface area contributed by atoms with E-state index in [0.29, 0.717) is 14.8 Å². The summed E-state index contributed by atoms with van der Waals surface area (Å²) < 4.78 is 13.6. The first kappa shape index (κ1) is 8.68. The highest BCUT2D eigenvalue weighted by molar-refractivity contribution is 14.1. The number of nitrogens with two attached hydrogens (primary N) is 1. The van der Waals surface area contributed by atoms with Gasteiger partial charge in [0.1, 0.15) is 0 Å². The summed E-state index contributed by atoms with van der Waals surface area (Å²) in [6.07, 6.45) is 0. The monoisotopic (exact) mass is 288 g/mol. The van der Waals surface area contributed by atoms with Crippen LogP contribution in [0.15, 0.2) is 24.3 Å². The number of para-hydroxylation sites is 1. The van der Waals surface area contributed by atoms with Crippen LogP contribution in [-0.2, 0) is 0 Å². The molecule has 2 nitrogen and oxygen atoms in total. The number of halogens is 2. The smallest absolute Gasteiger partial charge is 0.226 e. The molecule has 2 rings (SSSR count). The van der Waals surface area contributed by atoms with Gasteiger partial charge in [0.2, 0.25) is 5.95 Å². The second kappa shape index (κ2) is 3.10. The van der Waals surface area contributed by atoms with Gasteiger partial charge < -0.3 is 5.73 Å². The zero-order valence-electron chi connectivity index (χ0n) is 6.59. The van der Waals surface area contributed by atoms with E-state index in [4.69, 9.17) is 5.73 Å². The third-order valence-electron chi connectivity index (χ3n) is 1.79. The van der Waals surface area contributed by atoms with Crippen molar-refractivity contribution in [3.05, 3.63) is 33.8 Å². The van der Waals surface area contributed by atoms with Gasteiger partial charge in [0, 0.05) is 5.39 Å². The summed E-state index contributed by atoms with van der Waals surface area (Å²) in [7, 11) is 0. The van der Waals surface area contributed by atoms with Crippen LogP contribution in [0.3, 0.4) is 0 Å². The maximum Gasteiger partial charge on any atom is 0.226 e. The van der Waals surface area contributed by atoms with Gasteiger partial charge in [0.15, 0.2) is 0 Å². The molecule has 0 unspecified atom stereocenters. The molecule has 1 aromatic heterocycles. The van der Waals surface area contributed by atoms with Crippen LogP contribution in [0.2, 0.25) is 0 Å². The van der Waals surface area contributed by atoms with Crippen molar-refractivity contribution in [3.8, 4) is 0 Å². The molecule has 2 aromatic rings. The van der Waals surface area contributed by atoms with Crippen LogP contribution in [0.25, 0.3) is 10.9 Å². The number of aromatic nitrogens is 1. The predicted molar refractivity (Wildman–Crippen MR) is 58.8 cm³/mol. The Morgan fingerprint density at radius 3 is 2.92 bits per heavy atom. The average molecular weight is 288 g/mol. The van der Waals surface area contributed by atoms with Crippen molar-refractivity contribution in [1.29, 1.82) is 0 Å². The van der Waals surface area contributed by atoms with Crippen LogP contribution >= 0.6 is 22.6 Å². The minimum atomic E-state index is -0.467. The van der Waals surface area contributed by atoms with Crippen molar-refractivity contribution < 1.29 is 4.39 Å². The molecule has 0 radical (unpaired) electrons. The van der Waals surface area contributed by atoms with E-state index in [1.165, 1.54) is 0 Å². The quantitative estimate of drug-likeness (QED) is 0.459. The Bertz CT molecular complexity index is 470. The van der Waals surface area contributed by atoms with Crippen LogP contribution in [0.1, 0.15) is 0 Å². The first-order chi connectivity index (χ1) is 6.18. The molecule has 0 aliphatic heterocycles. The highest BCUT2D eigenvalue weighted by Gasteiger charge is 2.04. The van der Waals surface area contributed by atoms with Gasteiger partial charge in [0.25, 0.3) is 0 Å². The van der Waals surface area contributed by atoms with Gasteiger partial charge >= 0.3 is 0 Å². The first-order valence-corrected chi connectivity index (χ1v) is 4.76. The molecule has 13 heavy (non-hydrogen) atoms. The minimum Gasteiger partial charge on any atom is -0.397 e. The number of hydrogen-bond acceptors (Lipinski definition) is 2. The normalized spacial score (nSPS) is 10.6. The van der Waals surface area contributed by atoms with Gasteiger partial charge in [0.05, 0.1) is 14.8 Å². The Morgan fingerprint density at radius 2 is 2.15 bits per heavy atom. The van der Waals surface area contributed by atoms with E-state index in [2.05, 4.69) is 4.98 Å². The van der Waals surface area contributed by atoms with Crippen molar-refractivity contribution in [3.63, 3.8) is 0 Å². The molecule has 1 heterocycles. The maximum atomic E-state index is 13.1. The van der Waals surface area contributed by atoms with E-state index in [0.717, 1.165) is 5.39 Å². The van der Waals surface area contributed by atoms with E-state index < -0.39 is 5.95 Å². The highest BCUT2D eigenvalue weighted by atomic mass is 127. The lowest BCUT2D eigenvalue weighted by molar-refractivity contribution is 0.581. The predicted octanol–water partition coefficient (Wildman–Crippen LogP) is 2.56. The molecule has 0 aliphatic carbocycles. The Labute approximate surface area is 88.1 Å². The van der Waals surface area contributed by atoms with E-state index in [-0.39, 0.29) is 0 Å². The molecule has 0 amide bonds. The number of nitrogen functional groups attached to an aromatic ring is 1. The van der Waals surface area contributed by atoms with E-state index >= 15 is 0 Å². The van der Waals surface area contributed by atoms with Crippen molar-refractivity contribution >= 4 is 39.2 Å². The van der Waals surface area contributed by atoms with Gasteiger partial charge in [-0.2, -0.15) is 4.39 Å². The fourth-order valence-corrected chi connectivity index (χ4v) is 1.63. The van der Waals surface area contributed by atoms with Crippen LogP contribution < -0.4 is 5.73 Å². The van der Waals surface area contributed by atoms with Gasteiger partial charge in [-0.3, -0.25) is 0 Å². The lowest BCUT2D eigenvalue weighted by Gasteiger charge is -2.01. The molecule has 0 bridgehead atoms. The molecular formula is C9H6FIN2. The number of pyridine rings is 1. The number of hydrogen-bond donors (Lipinski definition) is 1. The Morgan fingerprint density at radius 1 is 1.38 bits per heavy atom. The molecule has 66 valence electrons. The number of fused-ring (bicyclic) bond motifs is 1. The van der Waals surface area contributed by atoms with E-state index in [1.807, 2.05) is 34.7 Å². The number of nitrogens with zero attached hydrogens (tertiary/aromatic N) is 1. The lowest BCUT2D eigenvalue weighted by atomic mass is 10.2. The maximum absolute atomic E-state index is 13.1. The summed E-state index contributed by atoms with van der Waals surface area (Å²) in [5, 5.41) is 0.866. The SMILES string of the molecule is Nc1cccc2cc(I)c(F)nc12. The molecule has 0 aliphatic rings. The van der Waals surface area contributed by atoms with Gasteiger partial charge in [-0.15, -0.1) is 0 Å². The van der Waals surface area contributed by atoms with Crippen LogP contribution in [0.5, 0.6) is 0 Å². The molecule has 2 N–H and O–H groups in total. The molecular weight excluding hydrogens is 282 g/mol. The first-order valence-electron chi connectivity index (χ1n) is 3.69. The van der Waals surface area contributed by atoms with Crippen molar-refractivity contribution in [2.45, 2.75) is 0 Å². The zero-order valence-corrected chi connectivity index (χ0v) is 8.75. The van der Waals surface area contributed by atoms with E-state index in [1.54, 1.807) is 12.1 Å². The summed E-state index contributed by atoms with van der Waals surface area (Å²) in [5.41, 5.74) is 6.68. The third kappa shape index (κ3) is 1.46. The largest absolute Gasteiger partial charge is 0.397 e. The number of rotatable bonds is 0. The molecule has 0 spiro atoms. The molecule has 0 fully saturated rings. The summed E-state index contributed by atoms with van der Waals surface area (Å²) in [6, 6.07) is 7.13. The minimum absolute atomic E-state index is 0.467. The summed E-state index contributed by atoms with van der Waals surface area (Å²) in [5.74, 6) is -0.467. The average Bonchev–Trinajstić information content (AvgIpc) is 2.09. The highest BCUT2D eigenvalue weighted by Crippen LogP contribution is 2.21. The Balaban J connectivity index is 2.89. The summed E-state index contributed by atoms with van der Waals surface area (Å²) in [6.45, 7) is 0. The van der Waals surface area contributed by atoms with E-state index in [9.17, 15) is 4.39 Å². The van der Waals surface area contributed by atoms with Gasteiger partial charge in [-0.05, 0) is 34.7 Å².